The number of primary amides is 1. The zero-order valence-corrected chi connectivity index (χ0v) is 35.3. The lowest BCUT2D eigenvalue weighted by molar-refractivity contribution is -0.153. The standard InChI is InChI=1S/C41H66N2O13/c1-26(2)29(19-28-13-14-33(50-10)35(20-28)52-18-12-17-49-9)21-31-34(22-30(27(3)4)32(44)15-16-40(5,6)36(42)45)54-24-43(31)38(47)55-25-56-39(48)53-23-41(7,8)37(46)51-11/h13-14,20,26-27,29-31,34H,12,15-19,21-25H2,1-11H3,(H2,42,45)/t29-,30-,31-,34-/m0/s1. The summed E-state index contributed by atoms with van der Waals surface area (Å²) in [6, 6.07) is 5.35. The van der Waals surface area contributed by atoms with E-state index in [0.717, 1.165) is 12.0 Å². The summed E-state index contributed by atoms with van der Waals surface area (Å²) in [5, 5.41) is 0. The molecule has 4 atom stereocenters. The Morgan fingerprint density at radius 2 is 1.59 bits per heavy atom. The predicted octanol–water partition coefficient (Wildman–Crippen LogP) is 6.31. The lowest BCUT2D eigenvalue weighted by Crippen LogP contribution is -2.43. The topological polar surface area (TPSA) is 188 Å². The van der Waals surface area contributed by atoms with Crippen LogP contribution < -0.4 is 15.2 Å². The first-order valence-corrected chi connectivity index (χ1v) is 19.3. The minimum Gasteiger partial charge on any atom is -0.493 e. The van der Waals surface area contributed by atoms with E-state index >= 15 is 0 Å². The summed E-state index contributed by atoms with van der Waals surface area (Å²) in [6.45, 7) is 14.6. The molecule has 2 rings (SSSR count). The van der Waals surface area contributed by atoms with Gasteiger partial charge in [-0.3, -0.25) is 19.3 Å². The Kier molecular flexibility index (Phi) is 19.4. The third-order valence-electron chi connectivity index (χ3n) is 10.5. The Bertz CT molecular complexity index is 1440. The van der Waals surface area contributed by atoms with Gasteiger partial charge in [-0.2, -0.15) is 0 Å². The molecule has 15 nitrogen and oxygen atoms in total. The lowest BCUT2D eigenvalue weighted by atomic mass is 9.78. The summed E-state index contributed by atoms with van der Waals surface area (Å²) >= 11 is 0. The van der Waals surface area contributed by atoms with Crippen molar-refractivity contribution in [3.05, 3.63) is 23.8 Å². The Balaban J connectivity index is 2.32. The van der Waals surface area contributed by atoms with Crippen molar-refractivity contribution < 1.29 is 61.9 Å². The fraction of sp³-hybridized carbons (Fsp3) is 0.732. The molecule has 0 saturated carbocycles. The van der Waals surface area contributed by atoms with Gasteiger partial charge in [0.05, 0.1) is 38.4 Å². The normalized spacial score (nSPS) is 17.0. The van der Waals surface area contributed by atoms with Crippen molar-refractivity contribution in [1.29, 1.82) is 0 Å². The molecule has 318 valence electrons. The molecule has 1 heterocycles. The summed E-state index contributed by atoms with van der Waals surface area (Å²) in [5.74, 6) is -0.0348. The zero-order chi connectivity index (χ0) is 42.2. The van der Waals surface area contributed by atoms with E-state index in [2.05, 4.69) is 13.8 Å². The fourth-order valence-electron chi connectivity index (χ4n) is 6.42. The number of hydrogen-bond donors (Lipinski definition) is 1. The molecule has 1 saturated heterocycles. The molecule has 0 aliphatic carbocycles. The number of Topliss-reactive ketones (excluding diaryl/α,β-unsaturated/α-hetero) is 1. The SMILES string of the molecule is COCCCOc1cc(C[C@@H](C[C@H]2[C@H](C[C@H](C(=O)CCC(C)(C)C(N)=O)C(C)C)OCN2C(=O)OCOC(=O)OCC(C)(C)C(=O)OC)C(C)C)ccc1OC. The maximum Gasteiger partial charge on any atom is 0.511 e. The van der Waals surface area contributed by atoms with Crippen LogP contribution in [0.5, 0.6) is 11.5 Å². The van der Waals surface area contributed by atoms with Crippen molar-refractivity contribution in [3.8, 4) is 11.5 Å². The van der Waals surface area contributed by atoms with Gasteiger partial charge in [0.25, 0.3) is 0 Å². The highest BCUT2D eigenvalue weighted by atomic mass is 16.8. The number of esters is 1. The molecule has 1 aromatic rings. The Hall–Kier alpha value is -4.11. The average molecular weight is 795 g/mol. The first-order chi connectivity index (χ1) is 26.3. The molecule has 2 amide bonds. The zero-order valence-electron chi connectivity index (χ0n) is 35.3. The number of rotatable bonds is 24. The molecule has 1 aliphatic heterocycles. The molecular formula is C41H66N2O13. The summed E-state index contributed by atoms with van der Waals surface area (Å²) in [4.78, 5) is 64.9. The van der Waals surface area contributed by atoms with Crippen molar-refractivity contribution >= 4 is 29.9 Å². The molecular weight excluding hydrogens is 728 g/mol. The van der Waals surface area contributed by atoms with Crippen LogP contribution in [0.1, 0.15) is 93.1 Å². The maximum absolute atomic E-state index is 13.7. The molecule has 15 heteroatoms. The maximum atomic E-state index is 13.7. The summed E-state index contributed by atoms with van der Waals surface area (Å²) < 4.78 is 43.1. The van der Waals surface area contributed by atoms with E-state index < -0.39 is 59.8 Å². The van der Waals surface area contributed by atoms with Gasteiger partial charge in [-0.1, -0.05) is 47.6 Å². The number of amides is 2. The van der Waals surface area contributed by atoms with Crippen LogP contribution in [-0.2, 0) is 49.2 Å². The van der Waals surface area contributed by atoms with Crippen molar-refractivity contribution in [3.63, 3.8) is 0 Å². The number of ketones is 1. The quantitative estimate of drug-likeness (QED) is 0.0531. The third-order valence-corrected chi connectivity index (χ3v) is 10.5. The highest BCUT2D eigenvalue weighted by Gasteiger charge is 2.43. The van der Waals surface area contributed by atoms with Gasteiger partial charge >= 0.3 is 18.2 Å². The molecule has 1 aliphatic rings. The summed E-state index contributed by atoms with van der Waals surface area (Å²) in [6.07, 6.45) is 0.288. The van der Waals surface area contributed by atoms with E-state index in [0.29, 0.717) is 50.4 Å². The number of carbonyl (C=O) groups is 5. The first kappa shape index (κ1) is 48.0. The molecule has 0 aromatic heterocycles. The number of benzene rings is 1. The van der Waals surface area contributed by atoms with Crippen LogP contribution in [-0.4, -0.2) is 102 Å². The van der Waals surface area contributed by atoms with E-state index in [-0.39, 0.29) is 43.3 Å². The van der Waals surface area contributed by atoms with Gasteiger partial charge in [-0.05, 0) is 75.0 Å². The van der Waals surface area contributed by atoms with Crippen LogP contribution in [0.15, 0.2) is 18.2 Å². The summed E-state index contributed by atoms with van der Waals surface area (Å²) in [7, 11) is 4.47. The molecule has 1 aromatic carbocycles. The van der Waals surface area contributed by atoms with Gasteiger partial charge in [0.2, 0.25) is 12.7 Å². The number of carbonyl (C=O) groups excluding carboxylic acids is 5. The van der Waals surface area contributed by atoms with Crippen molar-refractivity contribution in [2.75, 3.05) is 54.7 Å². The Labute approximate surface area is 332 Å². The van der Waals surface area contributed by atoms with Crippen LogP contribution in [0.2, 0.25) is 0 Å². The van der Waals surface area contributed by atoms with Crippen LogP contribution in [0.25, 0.3) is 0 Å². The van der Waals surface area contributed by atoms with Crippen molar-refractivity contribution in [2.24, 2.45) is 40.2 Å². The third kappa shape index (κ3) is 14.8. The van der Waals surface area contributed by atoms with Crippen molar-refractivity contribution in [2.45, 2.75) is 106 Å². The molecule has 0 bridgehead atoms. The van der Waals surface area contributed by atoms with Crippen molar-refractivity contribution in [1.82, 2.24) is 4.90 Å². The number of nitrogens with two attached hydrogens (primary N) is 1. The molecule has 2 N–H and O–H groups in total. The molecule has 0 unspecified atom stereocenters. The molecule has 56 heavy (non-hydrogen) atoms. The number of ether oxygens (including phenoxy) is 8. The number of methoxy groups -OCH3 is 3. The second kappa shape index (κ2) is 22.6. The minimum atomic E-state index is -1.12. The van der Waals surface area contributed by atoms with E-state index in [9.17, 15) is 24.0 Å². The van der Waals surface area contributed by atoms with E-state index in [1.54, 1.807) is 41.9 Å². The first-order valence-electron chi connectivity index (χ1n) is 19.3. The largest absolute Gasteiger partial charge is 0.511 e. The fourth-order valence-corrected chi connectivity index (χ4v) is 6.42. The van der Waals surface area contributed by atoms with Gasteiger partial charge in [0.1, 0.15) is 19.1 Å². The summed E-state index contributed by atoms with van der Waals surface area (Å²) in [5.41, 5.74) is 4.65. The van der Waals surface area contributed by atoms with Crippen LogP contribution in [0.3, 0.4) is 0 Å². The molecule has 0 spiro atoms. The van der Waals surface area contributed by atoms with Crippen LogP contribution in [0.4, 0.5) is 9.59 Å². The molecule has 1 fully saturated rings. The second-order valence-corrected chi connectivity index (χ2v) is 16.4. The van der Waals surface area contributed by atoms with E-state index in [1.165, 1.54) is 12.0 Å². The Morgan fingerprint density at radius 3 is 2.18 bits per heavy atom. The van der Waals surface area contributed by atoms with Crippen LogP contribution >= 0.6 is 0 Å². The van der Waals surface area contributed by atoms with Gasteiger partial charge in [0, 0.05) is 37.9 Å². The van der Waals surface area contributed by atoms with Gasteiger partial charge in [-0.25, -0.2) is 9.59 Å². The van der Waals surface area contributed by atoms with E-state index in [1.807, 2.05) is 32.0 Å². The van der Waals surface area contributed by atoms with Gasteiger partial charge in [-0.15, -0.1) is 0 Å². The molecule has 0 radical (unpaired) electrons. The number of hydrogen-bond acceptors (Lipinski definition) is 13. The highest BCUT2D eigenvalue weighted by Crippen LogP contribution is 2.36. The van der Waals surface area contributed by atoms with Crippen LogP contribution in [0, 0.1) is 34.5 Å². The Morgan fingerprint density at radius 1 is 0.893 bits per heavy atom. The predicted molar refractivity (Wildman–Crippen MR) is 207 cm³/mol. The monoisotopic (exact) mass is 794 g/mol. The smallest absolute Gasteiger partial charge is 0.493 e. The highest BCUT2D eigenvalue weighted by molar-refractivity contribution is 5.84. The average Bonchev–Trinajstić information content (AvgIpc) is 3.54. The van der Waals surface area contributed by atoms with Gasteiger partial charge in [0.15, 0.2) is 11.5 Å². The lowest BCUT2D eigenvalue weighted by Gasteiger charge is -2.33. The van der Waals surface area contributed by atoms with E-state index in [4.69, 9.17) is 43.6 Å². The number of nitrogens with zero attached hydrogens (tertiary/aromatic N) is 1. The van der Waals surface area contributed by atoms with Gasteiger partial charge < -0.3 is 43.6 Å². The second-order valence-electron chi connectivity index (χ2n) is 16.4. The minimum absolute atomic E-state index is 0.00309.